The zero-order valence-corrected chi connectivity index (χ0v) is 18.5. The highest BCUT2D eigenvalue weighted by molar-refractivity contribution is 5.86. The van der Waals surface area contributed by atoms with Crippen LogP contribution in [-0.4, -0.2) is 28.8 Å². The molecule has 0 heterocycles. The SMILES string of the molecule is CC(C)(C)CC(C)(C)c1ccc(OCC(=O)N/N=C/c2cc([N+](=O)[O-])ccc2O)cc1. The number of amides is 1. The maximum atomic E-state index is 11.9. The van der Waals surface area contributed by atoms with Crippen molar-refractivity contribution < 1.29 is 19.6 Å². The standard InChI is InChI=1S/C23H29N3O5/c1-22(2,3)15-23(4,5)17-6-9-19(10-7-17)31-14-21(28)25-24-13-16-12-18(26(29)30)8-11-20(16)27/h6-13,27H,14-15H2,1-5H3,(H,25,28)/b24-13+. The van der Waals surface area contributed by atoms with E-state index in [9.17, 15) is 20.0 Å². The van der Waals surface area contributed by atoms with Crippen LogP contribution in [0.1, 0.15) is 52.2 Å². The molecule has 0 aliphatic heterocycles. The van der Waals surface area contributed by atoms with Crippen molar-refractivity contribution in [1.29, 1.82) is 0 Å². The molecular formula is C23H29N3O5. The van der Waals surface area contributed by atoms with Crippen LogP contribution in [0.15, 0.2) is 47.6 Å². The number of phenols is 1. The Labute approximate surface area is 182 Å². The van der Waals surface area contributed by atoms with Gasteiger partial charge in [-0.2, -0.15) is 5.10 Å². The normalized spacial score (nSPS) is 12.0. The average molecular weight is 428 g/mol. The number of nitro benzene ring substituents is 1. The number of nitrogens with one attached hydrogen (secondary N) is 1. The molecule has 2 N–H and O–H groups in total. The first-order chi connectivity index (χ1) is 14.4. The largest absolute Gasteiger partial charge is 0.507 e. The van der Waals surface area contributed by atoms with E-state index in [1.165, 1.54) is 17.7 Å². The molecule has 31 heavy (non-hydrogen) atoms. The summed E-state index contributed by atoms with van der Waals surface area (Å²) >= 11 is 0. The molecule has 2 aromatic carbocycles. The van der Waals surface area contributed by atoms with Gasteiger partial charge in [-0.05, 0) is 41.0 Å². The van der Waals surface area contributed by atoms with Gasteiger partial charge in [0.25, 0.3) is 11.6 Å². The van der Waals surface area contributed by atoms with Crippen molar-refractivity contribution in [2.45, 2.75) is 46.5 Å². The first kappa shape index (κ1) is 23.9. The quantitative estimate of drug-likeness (QED) is 0.365. The fraction of sp³-hybridized carbons (Fsp3) is 0.391. The van der Waals surface area contributed by atoms with Crippen molar-refractivity contribution in [3.8, 4) is 11.5 Å². The Hall–Kier alpha value is -3.42. The Morgan fingerprint density at radius 2 is 1.81 bits per heavy atom. The van der Waals surface area contributed by atoms with Crippen LogP contribution in [0.3, 0.4) is 0 Å². The van der Waals surface area contributed by atoms with Crippen LogP contribution in [0.5, 0.6) is 11.5 Å². The molecule has 0 fully saturated rings. The fourth-order valence-corrected chi connectivity index (χ4v) is 3.54. The summed E-state index contributed by atoms with van der Waals surface area (Å²) in [5.41, 5.74) is 3.60. The molecule has 2 rings (SSSR count). The second-order valence-electron chi connectivity index (χ2n) is 9.23. The summed E-state index contributed by atoms with van der Waals surface area (Å²) < 4.78 is 5.49. The lowest BCUT2D eigenvalue weighted by Gasteiger charge is -2.33. The van der Waals surface area contributed by atoms with Crippen LogP contribution in [-0.2, 0) is 10.2 Å². The number of nitro groups is 1. The van der Waals surface area contributed by atoms with Crippen molar-refractivity contribution in [3.05, 3.63) is 63.7 Å². The van der Waals surface area contributed by atoms with Gasteiger partial charge < -0.3 is 9.84 Å². The van der Waals surface area contributed by atoms with Crippen LogP contribution in [0.4, 0.5) is 5.69 Å². The summed E-state index contributed by atoms with van der Waals surface area (Å²) in [7, 11) is 0. The fourth-order valence-electron chi connectivity index (χ4n) is 3.54. The third kappa shape index (κ3) is 7.40. The molecule has 0 aliphatic carbocycles. The molecule has 8 heteroatoms. The van der Waals surface area contributed by atoms with E-state index in [4.69, 9.17) is 4.74 Å². The first-order valence-corrected chi connectivity index (χ1v) is 9.90. The van der Waals surface area contributed by atoms with E-state index < -0.39 is 10.8 Å². The van der Waals surface area contributed by atoms with Crippen molar-refractivity contribution in [1.82, 2.24) is 5.43 Å². The summed E-state index contributed by atoms with van der Waals surface area (Å²) in [4.78, 5) is 22.1. The molecule has 0 saturated carbocycles. The molecule has 0 bridgehead atoms. The van der Waals surface area contributed by atoms with E-state index in [0.717, 1.165) is 18.7 Å². The van der Waals surface area contributed by atoms with Crippen LogP contribution >= 0.6 is 0 Å². The third-order valence-electron chi connectivity index (χ3n) is 4.59. The first-order valence-electron chi connectivity index (χ1n) is 9.90. The van der Waals surface area contributed by atoms with Crippen molar-refractivity contribution in [2.75, 3.05) is 6.61 Å². The van der Waals surface area contributed by atoms with Gasteiger partial charge in [0.2, 0.25) is 0 Å². The molecule has 0 saturated heterocycles. The number of ether oxygens (including phenoxy) is 1. The number of non-ortho nitro benzene ring substituents is 1. The van der Waals surface area contributed by atoms with Gasteiger partial charge >= 0.3 is 0 Å². The maximum Gasteiger partial charge on any atom is 0.277 e. The topological polar surface area (TPSA) is 114 Å². The van der Waals surface area contributed by atoms with Crippen LogP contribution in [0.2, 0.25) is 0 Å². The number of hydrogen-bond donors (Lipinski definition) is 2. The molecule has 0 aliphatic rings. The number of aromatic hydroxyl groups is 1. The highest BCUT2D eigenvalue weighted by Crippen LogP contribution is 2.36. The molecular weight excluding hydrogens is 398 g/mol. The highest BCUT2D eigenvalue weighted by Gasteiger charge is 2.27. The van der Waals surface area contributed by atoms with E-state index in [2.05, 4.69) is 45.1 Å². The van der Waals surface area contributed by atoms with Crippen LogP contribution in [0, 0.1) is 15.5 Å². The summed E-state index contributed by atoms with van der Waals surface area (Å²) in [5.74, 6) is -0.126. The number of benzene rings is 2. The molecule has 2 aromatic rings. The summed E-state index contributed by atoms with van der Waals surface area (Å²) in [6.45, 7) is 10.8. The number of carbonyl (C=O) groups excluding carboxylic acids is 1. The average Bonchev–Trinajstić information content (AvgIpc) is 2.66. The van der Waals surface area contributed by atoms with Gasteiger partial charge in [-0.1, -0.05) is 46.8 Å². The number of carbonyl (C=O) groups is 1. The van der Waals surface area contributed by atoms with Gasteiger partial charge in [0.05, 0.1) is 11.1 Å². The van der Waals surface area contributed by atoms with Gasteiger partial charge in [0.1, 0.15) is 11.5 Å². The van der Waals surface area contributed by atoms with Gasteiger partial charge in [0.15, 0.2) is 6.61 Å². The number of hydrogen-bond acceptors (Lipinski definition) is 6. The zero-order valence-electron chi connectivity index (χ0n) is 18.5. The smallest absolute Gasteiger partial charge is 0.277 e. The van der Waals surface area contributed by atoms with Crippen molar-refractivity contribution in [2.24, 2.45) is 10.5 Å². The zero-order chi connectivity index (χ0) is 23.2. The Kier molecular flexibility index (Phi) is 7.38. The van der Waals surface area contributed by atoms with Gasteiger partial charge in [-0.3, -0.25) is 14.9 Å². The van der Waals surface area contributed by atoms with E-state index in [0.29, 0.717) is 5.75 Å². The Bertz CT molecular complexity index is 960. The second-order valence-corrected chi connectivity index (χ2v) is 9.23. The Morgan fingerprint density at radius 1 is 1.16 bits per heavy atom. The number of hydrazone groups is 1. The third-order valence-corrected chi connectivity index (χ3v) is 4.59. The minimum absolute atomic E-state index is 0.0148. The molecule has 0 spiro atoms. The van der Waals surface area contributed by atoms with Crippen molar-refractivity contribution in [3.63, 3.8) is 0 Å². The minimum Gasteiger partial charge on any atom is -0.507 e. The van der Waals surface area contributed by atoms with E-state index in [1.54, 1.807) is 0 Å². The summed E-state index contributed by atoms with van der Waals surface area (Å²) in [6, 6.07) is 11.2. The lowest BCUT2D eigenvalue weighted by atomic mass is 9.72. The number of rotatable bonds is 8. The molecule has 0 atom stereocenters. The highest BCUT2D eigenvalue weighted by atomic mass is 16.6. The van der Waals surface area contributed by atoms with E-state index in [1.807, 2.05) is 24.3 Å². The lowest BCUT2D eigenvalue weighted by Crippen LogP contribution is -2.25. The molecule has 1 amide bonds. The van der Waals surface area contributed by atoms with Crippen molar-refractivity contribution >= 4 is 17.8 Å². The molecule has 8 nitrogen and oxygen atoms in total. The molecule has 166 valence electrons. The predicted molar refractivity (Wildman–Crippen MR) is 120 cm³/mol. The summed E-state index contributed by atoms with van der Waals surface area (Å²) in [6.07, 6.45) is 2.16. The van der Waals surface area contributed by atoms with Gasteiger partial charge in [-0.15, -0.1) is 0 Å². The maximum absolute atomic E-state index is 11.9. The minimum atomic E-state index is -0.585. The Balaban J connectivity index is 1.90. The predicted octanol–water partition coefficient (Wildman–Crippen LogP) is 4.54. The van der Waals surface area contributed by atoms with Gasteiger partial charge in [-0.25, -0.2) is 5.43 Å². The lowest BCUT2D eigenvalue weighted by molar-refractivity contribution is -0.384. The van der Waals surface area contributed by atoms with Crippen LogP contribution < -0.4 is 10.2 Å². The molecule has 0 radical (unpaired) electrons. The van der Waals surface area contributed by atoms with Gasteiger partial charge in [0, 0.05) is 17.7 Å². The molecule has 0 unspecified atom stereocenters. The Morgan fingerprint density at radius 3 is 2.39 bits per heavy atom. The van der Waals surface area contributed by atoms with E-state index >= 15 is 0 Å². The van der Waals surface area contributed by atoms with E-state index in [-0.39, 0.29) is 34.4 Å². The van der Waals surface area contributed by atoms with Crippen LogP contribution in [0.25, 0.3) is 0 Å². The second kappa shape index (κ2) is 9.59. The summed E-state index contributed by atoms with van der Waals surface area (Å²) in [5, 5.41) is 24.2. The number of nitrogens with zero attached hydrogens (tertiary/aromatic N) is 2. The number of phenolic OH excluding ortho intramolecular Hbond substituents is 1. The molecule has 0 aromatic heterocycles. The monoisotopic (exact) mass is 427 g/mol.